The molecule has 2 aliphatic heterocycles. The number of benzene rings is 1. The fourth-order valence-corrected chi connectivity index (χ4v) is 5.00. The Morgan fingerprint density at radius 2 is 1.92 bits per heavy atom. The van der Waals surface area contributed by atoms with Gasteiger partial charge in [0.05, 0.1) is 18.6 Å². The molecule has 2 aliphatic rings. The lowest BCUT2D eigenvalue weighted by molar-refractivity contribution is 0.0599. The van der Waals surface area contributed by atoms with Crippen molar-refractivity contribution < 1.29 is 18.3 Å². The topological polar surface area (TPSA) is 128 Å². The van der Waals surface area contributed by atoms with Gasteiger partial charge in [-0.1, -0.05) is 0 Å². The fraction of sp³-hybridized carbons (Fsp3) is 0.417. The zero-order valence-corrected chi connectivity index (χ0v) is 20.1. The Bertz CT molecular complexity index is 1490. The highest BCUT2D eigenvalue weighted by Gasteiger charge is 2.33. The SMILES string of the molecule is C[C@H]1CC[C@@H](c2nc3c4cc(F)cc(F)c4nc(N)n3n2)CN1C(=O)c1ccc(N2CCOCC2)nn1. The monoisotopic (exact) mass is 509 g/mol. The second-order valence-corrected chi connectivity index (χ2v) is 9.42. The largest absolute Gasteiger partial charge is 0.378 e. The number of amides is 1. The number of likely N-dealkylation sites (tertiary alicyclic amines) is 1. The van der Waals surface area contributed by atoms with Gasteiger partial charge in [-0.25, -0.2) is 18.7 Å². The number of morpholine rings is 1. The highest BCUT2D eigenvalue weighted by molar-refractivity contribution is 5.93. The highest BCUT2D eigenvalue weighted by atomic mass is 19.1. The van der Waals surface area contributed by atoms with Crippen molar-refractivity contribution >= 4 is 34.2 Å². The van der Waals surface area contributed by atoms with Crippen LogP contribution in [0.5, 0.6) is 0 Å². The van der Waals surface area contributed by atoms with Crippen molar-refractivity contribution in [2.75, 3.05) is 43.5 Å². The van der Waals surface area contributed by atoms with Gasteiger partial charge in [-0.05, 0) is 38.0 Å². The molecule has 3 aromatic heterocycles. The first-order valence-corrected chi connectivity index (χ1v) is 12.2. The predicted molar refractivity (Wildman–Crippen MR) is 130 cm³/mol. The van der Waals surface area contributed by atoms with Gasteiger partial charge < -0.3 is 20.3 Å². The summed E-state index contributed by atoms with van der Waals surface area (Å²) in [7, 11) is 0. The molecule has 1 aromatic carbocycles. The molecule has 0 spiro atoms. The third kappa shape index (κ3) is 4.18. The van der Waals surface area contributed by atoms with Crippen molar-refractivity contribution in [3.63, 3.8) is 0 Å². The zero-order valence-electron chi connectivity index (χ0n) is 20.1. The summed E-state index contributed by atoms with van der Waals surface area (Å²) in [6.45, 7) is 5.07. The molecule has 0 aliphatic carbocycles. The maximum atomic E-state index is 14.3. The minimum absolute atomic E-state index is 0.0164. The summed E-state index contributed by atoms with van der Waals surface area (Å²) in [6, 6.07) is 5.40. The summed E-state index contributed by atoms with van der Waals surface area (Å²) in [6.07, 6.45) is 1.46. The lowest BCUT2D eigenvalue weighted by Crippen LogP contribution is -2.45. The van der Waals surface area contributed by atoms with Crippen molar-refractivity contribution in [2.24, 2.45) is 0 Å². The van der Waals surface area contributed by atoms with Crippen LogP contribution in [-0.2, 0) is 4.74 Å². The van der Waals surface area contributed by atoms with E-state index in [1.807, 2.05) is 6.92 Å². The summed E-state index contributed by atoms with van der Waals surface area (Å²) in [5, 5.41) is 13.1. The van der Waals surface area contributed by atoms with E-state index in [1.165, 1.54) is 4.52 Å². The number of hydrogen-bond donors (Lipinski definition) is 1. The van der Waals surface area contributed by atoms with E-state index in [9.17, 15) is 13.6 Å². The number of ether oxygens (including phenoxy) is 1. The lowest BCUT2D eigenvalue weighted by atomic mass is 9.92. The molecule has 0 bridgehead atoms. The number of anilines is 2. The van der Waals surface area contributed by atoms with Crippen LogP contribution in [0.4, 0.5) is 20.5 Å². The van der Waals surface area contributed by atoms with E-state index in [0.717, 1.165) is 38.1 Å². The van der Waals surface area contributed by atoms with Gasteiger partial charge in [0.2, 0.25) is 5.95 Å². The fourth-order valence-electron chi connectivity index (χ4n) is 5.00. The van der Waals surface area contributed by atoms with Crippen LogP contribution in [0.2, 0.25) is 0 Å². The zero-order chi connectivity index (χ0) is 25.7. The number of nitrogen functional groups attached to an aromatic ring is 1. The standard InChI is InChI=1S/C24H25F2N9O2/c1-13-2-3-14(12-34(13)23(36)18-4-5-19(31-30-18)33-6-8-37-9-7-33)21-29-22-16-10-15(25)11-17(26)20(16)28-24(27)35(22)32-21/h4-5,10-11,13-14H,2-3,6-9,12H2,1H3,(H2,27,28)/t13-,14+/m0/s1. The lowest BCUT2D eigenvalue weighted by Gasteiger charge is -2.36. The number of fused-ring (bicyclic) bond motifs is 3. The first kappa shape index (κ1) is 23.4. The van der Waals surface area contributed by atoms with Crippen LogP contribution in [0.25, 0.3) is 16.6 Å². The van der Waals surface area contributed by atoms with E-state index < -0.39 is 11.6 Å². The first-order valence-electron chi connectivity index (χ1n) is 12.2. The smallest absolute Gasteiger partial charge is 0.274 e. The van der Waals surface area contributed by atoms with Crippen molar-refractivity contribution in [3.05, 3.63) is 47.4 Å². The maximum Gasteiger partial charge on any atom is 0.274 e. The van der Waals surface area contributed by atoms with Gasteiger partial charge in [0, 0.05) is 37.7 Å². The van der Waals surface area contributed by atoms with Gasteiger partial charge in [0.15, 0.2) is 28.8 Å². The third-order valence-corrected chi connectivity index (χ3v) is 7.05. The Hall–Kier alpha value is -4.00. The minimum Gasteiger partial charge on any atom is -0.378 e. The van der Waals surface area contributed by atoms with Crippen molar-refractivity contribution in [3.8, 4) is 0 Å². The summed E-state index contributed by atoms with van der Waals surface area (Å²) in [5.74, 6) is -0.899. The molecule has 0 unspecified atom stereocenters. The second kappa shape index (κ2) is 9.14. The molecule has 6 rings (SSSR count). The molecule has 13 heteroatoms. The molecule has 0 radical (unpaired) electrons. The van der Waals surface area contributed by atoms with E-state index in [4.69, 9.17) is 10.5 Å². The Balaban J connectivity index is 1.27. The van der Waals surface area contributed by atoms with E-state index in [2.05, 4.69) is 30.2 Å². The highest BCUT2D eigenvalue weighted by Crippen LogP contribution is 2.31. The number of carbonyl (C=O) groups is 1. The molecular formula is C24H25F2N9O2. The van der Waals surface area contributed by atoms with Gasteiger partial charge in [-0.2, -0.15) is 4.52 Å². The van der Waals surface area contributed by atoms with Crippen molar-refractivity contribution in [1.29, 1.82) is 0 Å². The molecule has 2 fully saturated rings. The molecule has 2 saturated heterocycles. The number of nitrogens with zero attached hydrogens (tertiary/aromatic N) is 8. The third-order valence-electron chi connectivity index (χ3n) is 7.05. The van der Waals surface area contributed by atoms with Crippen LogP contribution in [0, 0.1) is 11.6 Å². The molecule has 192 valence electrons. The molecule has 0 saturated carbocycles. The summed E-state index contributed by atoms with van der Waals surface area (Å²) >= 11 is 0. The van der Waals surface area contributed by atoms with E-state index in [1.54, 1.807) is 17.0 Å². The van der Waals surface area contributed by atoms with Gasteiger partial charge in [0.25, 0.3) is 5.91 Å². The number of carbonyl (C=O) groups excluding carboxylic acids is 1. The molecule has 2 atom stereocenters. The normalized spacial score (nSPS) is 20.6. The molecule has 11 nitrogen and oxygen atoms in total. The number of rotatable bonds is 3. The quantitative estimate of drug-likeness (QED) is 0.442. The number of piperidine rings is 1. The van der Waals surface area contributed by atoms with Crippen molar-refractivity contribution in [2.45, 2.75) is 31.7 Å². The number of halogens is 2. The predicted octanol–water partition coefficient (Wildman–Crippen LogP) is 2.17. The first-order chi connectivity index (χ1) is 17.9. The van der Waals surface area contributed by atoms with Crippen LogP contribution in [0.15, 0.2) is 24.3 Å². The molecule has 4 aromatic rings. The van der Waals surface area contributed by atoms with Crippen LogP contribution in [0.1, 0.15) is 42.0 Å². The Morgan fingerprint density at radius 3 is 2.68 bits per heavy atom. The number of aromatic nitrogens is 6. The molecule has 1 amide bonds. The second-order valence-electron chi connectivity index (χ2n) is 9.42. The van der Waals surface area contributed by atoms with Gasteiger partial charge in [-0.3, -0.25) is 4.79 Å². The van der Waals surface area contributed by atoms with Crippen LogP contribution >= 0.6 is 0 Å². The van der Waals surface area contributed by atoms with Crippen molar-refractivity contribution in [1.82, 2.24) is 34.7 Å². The molecule has 37 heavy (non-hydrogen) atoms. The van der Waals surface area contributed by atoms with E-state index in [0.29, 0.717) is 31.4 Å². The molecular weight excluding hydrogens is 484 g/mol. The average molecular weight is 510 g/mol. The van der Waals surface area contributed by atoms with Gasteiger partial charge in [0.1, 0.15) is 11.3 Å². The molecule has 2 N–H and O–H groups in total. The molecule has 5 heterocycles. The maximum absolute atomic E-state index is 14.3. The van der Waals surface area contributed by atoms with Crippen LogP contribution < -0.4 is 10.6 Å². The summed E-state index contributed by atoms with van der Waals surface area (Å²) in [5.41, 5.74) is 6.42. The summed E-state index contributed by atoms with van der Waals surface area (Å²) in [4.78, 5) is 25.8. The number of hydrogen-bond acceptors (Lipinski definition) is 9. The minimum atomic E-state index is -0.822. The van der Waals surface area contributed by atoms with Gasteiger partial charge in [-0.15, -0.1) is 15.3 Å². The Labute approximate surface area is 210 Å². The average Bonchev–Trinajstić information content (AvgIpc) is 3.37. The number of nitrogens with two attached hydrogens (primary N) is 1. The Kier molecular flexibility index (Phi) is 5.78. The van der Waals surface area contributed by atoms with E-state index >= 15 is 0 Å². The van der Waals surface area contributed by atoms with E-state index in [-0.39, 0.29) is 46.1 Å². The van der Waals surface area contributed by atoms with Gasteiger partial charge >= 0.3 is 0 Å². The summed E-state index contributed by atoms with van der Waals surface area (Å²) < 4.78 is 34.9. The van der Waals surface area contributed by atoms with Crippen LogP contribution in [0.3, 0.4) is 0 Å². The Morgan fingerprint density at radius 1 is 1.11 bits per heavy atom. The van der Waals surface area contributed by atoms with Crippen LogP contribution in [-0.4, -0.2) is 79.5 Å².